The first kappa shape index (κ1) is 19.4. The van der Waals surface area contributed by atoms with Crippen molar-refractivity contribution in [1.82, 2.24) is 0 Å². The number of halogens is 5. The monoisotopic (exact) mass is 413 g/mol. The van der Waals surface area contributed by atoms with Gasteiger partial charge in [-0.05, 0) is 12.1 Å². The molecule has 0 saturated carbocycles. The molecule has 0 unspecified atom stereocenters. The van der Waals surface area contributed by atoms with Crippen LogP contribution in [0.1, 0.15) is 10.4 Å². The number of ether oxygens (including phenoxy) is 1. The van der Waals surface area contributed by atoms with Crippen LogP contribution in [-0.2, 0) is 14.8 Å². The molecule has 0 heterocycles. The highest BCUT2D eigenvalue weighted by molar-refractivity contribution is 7.92. The van der Waals surface area contributed by atoms with Crippen LogP contribution in [0.25, 0.3) is 0 Å². The molecule has 0 spiro atoms. The molecule has 5 nitrogen and oxygen atoms in total. The number of anilines is 1. The van der Waals surface area contributed by atoms with E-state index in [1.54, 1.807) is 4.72 Å². The molecule has 0 aliphatic rings. The van der Waals surface area contributed by atoms with Crippen LogP contribution in [0.5, 0.6) is 0 Å². The van der Waals surface area contributed by atoms with Gasteiger partial charge in [0.25, 0.3) is 10.0 Å². The molecule has 2 aromatic carbocycles. The molecule has 0 radical (unpaired) electrons. The van der Waals surface area contributed by atoms with Gasteiger partial charge in [0.15, 0.2) is 17.5 Å². The molecule has 11 heteroatoms. The maximum Gasteiger partial charge on any atom is 0.344 e. The van der Waals surface area contributed by atoms with Crippen molar-refractivity contribution in [1.29, 1.82) is 0 Å². The summed E-state index contributed by atoms with van der Waals surface area (Å²) in [6, 6.07) is 3.89. The Labute approximate surface area is 150 Å². The largest absolute Gasteiger partial charge is 0.465 e. The predicted molar refractivity (Wildman–Crippen MR) is 84.9 cm³/mol. The smallest absolute Gasteiger partial charge is 0.344 e. The Kier molecular flexibility index (Phi) is 5.50. The summed E-state index contributed by atoms with van der Waals surface area (Å²) in [7, 11) is -3.69. The van der Waals surface area contributed by atoms with Crippen LogP contribution >= 0.6 is 23.2 Å². The highest BCUT2D eigenvalue weighted by atomic mass is 35.5. The van der Waals surface area contributed by atoms with Gasteiger partial charge in [0, 0.05) is 6.07 Å². The van der Waals surface area contributed by atoms with Crippen LogP contribution in [0.3, 0.4) is 0 Å². The van der Waals surface area contributed by atoms with Crippen molar-refractivity contribution in [3.8, 4) is 0 Å². The zero-order chi connectivity index (χ0) is 18.9. The van der Waals surface area contributed by atoms with Crippen LogP contribution in [-0.4, -0.2) is 21.5 Å². The molecule has 2 rings (SSSR count). The molecule has 25 heavy (non-hydrogen) atoms. The second-order valence-electron chi connectivity index (χ2n) is 4.56. The van der Waals surface area contributed by atoms with Crippen LogP contribution in [0.4, 0.5) is 18.9 Å². The van der Waals surface area contributed by atoms with E-state index >= 15 is 0 Å². The fraction of sp³-hybridized carbons (Fsp3) is 0.0714. The number of hydrogen-bond donors (Lipinski definition) is 1. The lowest BCUT2D eigenvalue weighted by Gasteiger charge is -2.13. The van der Waals surface area contributed by atoms with E-state index in [4.69, 9.17) is 23.2 Å². The molecule has 2 aromatic rings. The Balaban J connectivity index is 2.59. The molecule has 1 N–H and O–H groups in total. The topological polar surface area (TPSA) is 72.5 Å². The molecule has 0 aromatic heterocycles. The quantitative estimate of drug-likeness (QED) is 0.607. The number of hydrogen-bond acceptors (Lipinski definition) is 4. The Bertz CT molecular complexity index is 967. The number of methoxy groups -OCH3 is 1. The third-order valence-electron chi connectivity index (χ3n) is 3.00. The number of carbonyl (C=O) groups is 1. The van der Waals surface area contributed by atoms with E-state index in [2.05, 4.69) is 4.74 Å². The summed E-state index contributed by atoms with van der Waals surface area (Å²) < 4.78 is 72.0. The van der Waals surface area contributed by atoms with Gasteiger partial charge in [0.2, 0.25) is 0 Å². The lowest BCUT2D eigenvalue weighted by atomic mass is 10.1. The number of carbonyl (C=O) groups excluding carboxylic acids is 1. The minimum absolute atomic E-state index is 0.0921. The summed E-state index contributed by atoms with van der Waals surface area (Å²) >= 11 is 11.5. The van der Waals surface area contributed by atoms with E-state index in [1.807, 2.05) is 0 Å². The van der Waals surface area contributed by atoms with Gasteiger partial charge in [0.05, 0.1) is 22.8 Å². The van der Waals surface area contributed by atoms with Gasteiger partial charge in [0.1, 0.15) is 10.5 Å². The van der Waals surface area contributed by atoms with Gasteiger partial charge >= 0.3 is 5.97 Å². The van der Waals surface area contributed by atoms with E-state index < -0.39 is 49.6 Å². The van der Waals surface area contributed by atoms with Gasteiger partial charge in [-0.15, -0.1) is 0 Å². The van der Waals surface area contributed by atoms with Crippen molar-refractivity contribution in [3.63, 3.8) is 0 Å². The van der Waals surface area contributed by atoms with E-state index in [1.165, 1.54) is 12.1 Å². The molecule has 0 aliphatic heterocycles. The van der Waals surface area contributed by atoms with Gasteiger partial charge < -0.3 is 4.74 Å². The van der Waals surface area contributed by atoms with Crippen molar-refractivity contribution < 1.29 is 31.1 Å². The predicted octanol–water partition coefficient (Wildman–Crippen LogP) is 4.00. The third-order valence-corrected chi connectivity index (χ3v) is 5.33. The lowest BCUT2D eigenvalue weighted by molar-refractivity contribution is 0.0588. The third kappa shape index (κ3) is 3.68. The van der Waals surface area contributed by atoms with E-state index in [-0.39, 0.29) is 16.1 Å². The standard InChI is InChI=1S/C14H8Cl2F3NO4S/c1-24-14(21)10-12(18)7(17)5-8(13(10)19)20-25(22,23)9-4-2-3-6(15)11(9)16/h2-5,20H,1H3. The average molecular weight is 414 g/mol. The highest BCUT2D eigenvalue weighted by Crippen LogP contribution is 2.32. The number of esters is 1. The number of benzene rings is 2. The molecule has 0 aliphatic carbocycles. The zero-order valence-corrected chi connectivity index (χ0v) is 14.6. The first-order valence-corrected chi connectivity index (χ1v) is 8.56. The Morgan fingerprint density at radius 3 is 2.40 bits per heavy atom. The van der Waals surface area contributed by atoms with Gasteiger partial charge in [-0.3, -0.25) is 4.72 Å². The lowest BCUT2D eigenvalue weighted by Crippen LogP contribution is -2.18. The highest BCUT2D eigenvalue weighted by Gasteiger charge is 2.28. The molecule has 0 bridgehead atoms. The van der Waals surface area contributed by atoms with Crippen molar-refractivity contribution in [2.75, 3.05) is 11.8 Å². The van der Waals surface area contributed by atoms with Crippen molar-refractivity contribution in [2.24, 2.45) is 0 Å². The molecular weight excluding hydrogens is 406 g/mol. The zero-order valence-electron chi connectivity index (χ0n) is 12.2. The molecule has 0 saturated heterocycles. The minimum Gasteiger partial charge on any atom is -0.465 e. The van der Waals surface area contributed by atoms with E-state index in [0.717, 1.165) is 13.2 Å². The van der Waals surface area contributed by atoms with Crippen molar-refractivity contribution in [3.05, 3.63) is 57.3 Å². The van der Waals surface area contributed by atoms with Crippen LogP contribution in [0.15, 0.2) is 29.2 Å². The van der Waals surface area contributed by atoms with Gasteiger partial charge in [-0.1, -0.05) is 29.3 Å². The minimum atomic E-state index is -4.52. The Hall–Kier alpha value is -1.97. The average Bonchev–Trinajstić information content (AvgIpc) is 2.54. The van der Waals surface area contributed by atoms with Crippen LogP contribution in [0.2, 0.25) is 10.0 Å². The van der Waals surface area contributed by atoms with Crippen molar-refractivity contribution >= 4 is 44.9 Å². The number of rotatable bonds is 4. The fourth-order valence-corrected chi connectivity index (χ4v) is 3.66. The Morgan fingerprint density at radius 1 is 1.16 bits per heavy atom. The second kappa shape index (κ2) is 7.11. The first-order valence-electron chi connectivity index (χ1n) is 6.32. The van der Waals surface area contributed by atoms with Gasteiger partial charge in [-0.2, -0.15) is 0 Å². The van der Waals surface area contributed by atoms with Gasteiger partial charge in [-0.25, -0.2) is 26.4 Å². The van der Waals surface area contributed by atoms with Crippen molar-refractivity contribution in [2.45, 2.75) is 4.90 Å². The van der Waals surface area contributed by atoms with Crippen LogP contribution < -0.4 is 4.72 Å². The fourth-order valence-electron chi connectivity index (χ4n) is 1.85. The summed E-state index contributed by atoms with van der Waals surface area (Å²) in [4.78, 5) is 10.9. The molecule has 134 valence electrons. The summed E-state index contributed by atoms with van der Waals surface area (Å²) in [5.74, 6) is -6.63. The molecule has 0 atom stereocenters. The number of nitrogens with one attached hydrogen (secondary N) is 1. The van der Waals surface area contributed by atoms with E-state index in [9.17, 15) is 26.4 Å². The normalized spacial score (nSPS) is 11.3. The molecular formula is C14H8Cl2F3NO4S. The summed E-state index contributed by atoms with van der Waals surface area (Å²) in [6.07, 6.45) is 0. The Morgan fingerprint density at radius 2 is 1.80 bits per heavy atom. The van der Waals surface area contributed by atoms with Crippen LogP contribution in [0, 0.1) is 17.5 Å². The summed E-state index contributed by atoms with van der Waals surface area (Å²) in [5, 5.41) is -0.446. The molecule has 0 fully saturated rings. The maximum atomic E-state index is 14.3. The molecule has 0 amide bonds. The number of sulfonamides is 1. The SMILES string of the molecule is COC(=O)c1c(F)c(F)cc(NS(=O)(=O)c2cccc(Cl)c2Cl)c1F. The summed E-state index contributed by atoms with van der Waals surface area (Å²) in [6.45, 7) is 0. The summed E-state index contributed by atoms with van der Waals surface area (Å²) in [5.41, 5.74) is -2.38. The second-order valence-corrected chi connectivity index (χ2v) is 6.99. The maximum absolute atomic E-state index is 14.3. The van der Waals surface area contributed by atoms with E-state index in [0.29, 0.717) is 0 Å². The first-order chi connectivity index (χ1) is 11.6.